The number of hydrazine groups is 1. The number of nitrogens with two attached hydrogens (primary N) is 3. The third-order valence-corrected chi connectivity index (χ3v) is 7.49. The zero-order valence-corrected chi connectivity index (χ0v) is 23.8. The van der Waals surface area contributed by atoms with Gasteiger partial charge in [-0.25, -0.2) is 10.6 Å². The van der Waals surface area contributed by atoms with Gasteiger partial charge in [0, 0.05) is 50.6 Å². The molecule has 0 bridgehead atoms. The normalized spacial score (nSPS) is 25.6. The van der Waals surface area contributed by atoms with Gasteiger partial charge in [-0.05, 0) is 58.2 Å². The number of benzene rings is 1. The molecule has 2 aliphatic rings. The highest BCUT2D eigenvalue weighted by molar-refractivity contribution is 5.98. The molecule has 222 valence electrons. The summed E-state index contributed by atoms with van der Waals surface area (Å²) in [5.74, 6) is 4.45. The van der Waals surface area contributed by atoms with Crippen molar-refractivity contribution in [2.24, 2.45) is 17.5 Å². The van der Waals surface area contributed by atoms with E-state index < -0.39 is 30.3 Å². The summed E-state index contributed by atoms with van der Waals surface area (Å²) in [6.45, 7) is 3.08. The molecule has 1 aromatic rings. The highest BCUT2D eigenvalue weighted by Crippen LogP contribution is 2.25. The van der Waals surface area contributed by atoms with Crippen molar-refractivity contribution in [1.29, 1.82) is 0 Å². The maximum Gasteiger partial charge on any atom is 0.411 e. The van der Waals surface area contributed by atoms with Crippen LogP contribution in [-0.4, -0.2) is 91.4 Å². The lowest BCUT2D eigenvalue weighted by Gasteiger charge is -2.33. The first kappa shape index (κ1) is 31.2. The Morgan fingerprint density at radius 2 is 2.00 bits per heavy atom. The summed E-state index contributed by atoms with van der Waals surface area (Å²) < 4.78 is 16.6. The van der Waals surface area contributed by atoms with Gasteiger partial charge < -0.3 is 30.7 Å². The Hall–Kier alpha value is -3.35. The van der Waals surface area contributed by atoms with Crippen LogP contribution in [0.4, 0.5) is 10.5 Å². The topological polar surface area (TPSA) is 167 Å². The van der Waals surface area contributed by atoms with Gasteiger partial charge >= 0.3 is 12.1 Å². The smallest absolute Gasteiger partial charge is 0.411 e. The number of esters is 1. The van der Waals surface area contributed by atoms with Crippen molar-refractivity contribution in [2.75, 3.05) is 46.1 Å². The van der Waals surface area contributed by atoms with Crippen molar-refractivity contribution in [3.8, 4) is 0 Å². The van der Waals surface area contributed by atoms with Crippen molar-refractivity contribution >= 4 is 29.2 Å². The highest BCUT2D eigenvalue weighted by atomic mass is 16.6. The molecule has 0 saturated carbocycles. The number of unbranched alkanes of at least 4 members (excludes halogenated alkanes) is 1. The van der Waals surface area contributed by atoms with E-state index in [-0.39, 0.29) is 24.9 Å². The number of nitrogen functional groups attached to an aromatic ring is 1. The van der Waals surface area contributed by atoms with Gasteiger partial charge in [0.1, 0.15) is 24.5 Å². The van der Waals surface area contributed by atoms with Gasteiger partial charge in [0.15, 0.2) is 6.10 Å². The van der Waals surface area contributed by atoms with Crippen LogP contribution in [0.1, 0.15) is 51.0 Å². The number of nitrogens with zero attached hydrogens (tertiary/aromatic N) is 3. The van der Waals surface area contributed by atoms with Gasteiger partial charge in [-0.3, -0.25) is 19.4 Å². The fraction of sp³-hybridized carbons (Fsp3) is 0.607. The lowest BCUT2D eigenvalue weighted by molar-refractivity contribution is -0.154. The second kappa shape index (κ2) is 14.9. The lowest BCUT2D eigenvalue weighted by atomic mass is 9.99. The van der Waals surface area contributed by atoms with Crippen LogP contribution in [0.2, 0.25) is 0 Å². The van der Waals surface area contributed by atoms with E-state index in [0.717, 1.165) is 18.4 Å². The summed E-state index contributed by atoms with van der Waals surface area (Å²) in [5, 5.41) is 1.52. The van der Waals surface area contributed by atoms with Crippen molar-refractivity contribution in [3.63, 3.8) is 0 Å². The summed E-state index contributed by atoms with van der Waals surface area (Å²) >= 11 is 0. The van der Waals surface area contributed by atoms with Crippen molar-refractivity contribution in [1.82, 2.24) is 14.8 Å². The number of carbonyl (C=O) groups excluding carboxylic acids is 3. The molecular formula is C28H44N6O6. The third-order valence-electron chi connectivity index (χ3n) is 7.49. The van der Waals surface area contributed by atoms with E-state index >= 15 is 0 Å². The van der Waals surface area contributed by atoms with E-state index in [4.69, 9.17) is 31.5 Å². The van der Waals surface area contributed by atoms with E-state index in [0.29, 0.717) is 50.3 Å². The molecule has 12 heteroatoms. The standard InChI is InChI=1S/C28H44N6O6/c1-19-24(35)12-11-22(38-3)10-7-13-32(2)26-25(18-39-27(19)36)40-28(37)34(26)15-5-4-14-33(31)17-23(30)20-8-6-9-21(29)16-20/h6,8-9,16-17,19,22,25-26H,4-5,7,10-15,18,29-31H2,1-3H3/b23-17-/t19?,22?,25?,26-/m0/s1. The Morgan fingerprint density at radius 1 is 1.23 bits per heavy atom. The van der Waals surface area contributed by atoms with Crippen LogP contribution in [-0.2, 0) is 23.8 Å². The van der Waals surface area contributed by atoms with Gasteiger partial charge in [0.05, 0.1) is 11.8 Å². The number of ether oxygens (including phenoxy) is 3. The molecule has 2 saturated heterocycles. The molecule has 0 aliphatic carbocycles. The second-order valence-corrected chi connectivity index (χ2v) is 10.5. The molecule has 1 aromatic carbocycles. The van der Waals surface area contributed by atoms with Gasteiger partial charge in [0.2, 0.25) is 0 Å². The molecular weight excluding hydrogens is 516 g/mol. The van der Waals surface area contributed by atoms with E-state index in [1.165, 1.54) is 5.01 Å². The van der Waals surface area contributed by atoms with Gasteiger partial charge in [0.25, 0.3) is 0 Å². The maximum absolute atomic E-state index is 12.9. The molecule has 12 nitrogen and oxygen atoms in total. The summed E-state index contributed by atoms with van der Waals surface area (Å²) in [6, 6.07) is 7.26. The number of hydrogen-bond donors (Lipinski definition) is 3. The minimum atomic E-state index is -0.883. The van der Waals surface area contributed by atoms with Crippen LogP contribution >= 0.6 is 0 Å². The number of likely N-dealkylation sites (N-methyl/N-ethyl adjacent to an activating group) is 1. The summed E-state index contributed by atoms with van der Waals surface area (Å²) in [4.78, 5) is 41.7. The van der Waals surface area contributed by atoms with Crippen LogP contribution in [0.25, 0.3) is 5.70 Å². The number of fused-ring (bicyclic) bond motifs is 1. The molecule has 2 aliphatic heterocycles. The molecule has 3 rings (SSSR count). The van der Waals surface area contributed by atoms with Crippen molar-refractivity contribution in [3.05, 3.63) is 36.0 Å². The number of cyclic esters (lactones) is 1. The quantitative estimate of drug-likeness (QED) is 0.106. The maximum atomic E-state index is 12.9. The van der Waals surface area contributed by atoms with Crippen molar-refractivity contribution in [2.45, 2.75) is 63.8 Å². The average Bonchev–Trinajstić information content (AvgIpc) is 3.25. The molecule has 2 heterocycles. The van der Waals surface area contributed by atoms with Crippen molar-refractivity contribution < 1.29 is 28.6 Å². The average molecular weight is 561 g/mol. The Morgan fingerprint density at radius 3 is 2.73 bits per heavy atom. The molecule has 6 N–H and O–H groups in total. The van der Waals surface area contributed by atoms with E-state index in [2.05, 4.69) is 4.90 Å². The number of carbonyl (C=O) groups is 3. The zero-order chi connectivity index (χ0) is 29.2. The number of rotatable bonds is 8. The Balaban J connectivity index is 1.61. The summed E-state index contributed by atoms with van der Waals surface area (Å²) in [6.07, 6.45) is 3.78. The van der Waals surface area contributed by atoms with Gasteiger partial charge in [-0.2, -0.15) is 0 Å². The Bertz CT molecular complexity index is 1050. The predicted octanol–water partition coefficient (Wildman–Crippen LogP) is 1.90. The number of amides is 1. The number of methoxy groups -OCH3 is 1. The molecule has 0 spiro atoms. The molecule has 1 amide bonds. The van der Waals surface area contributed by atoms with E-state index in [1.807, 2.05) is 19.2 Å². The minimum Gasteiger partial charge on any atom is -0.461 e. The summed E-state index contributed by atoms with van der Waals surface area (Å²) in [5.41, 5.74) is 13.9. The van der Waals surface area contributed by atoms with Crippen LogP contribution in [0.5, 0.6) is 0 Å². The second-order valence-electron chi connectivity index (χ2n) is 10.5. The van der Waals surface area contributed by atoms with Crippen LogP contribution < -0.4 is 17.3 Å². The van der Waals surface area contributed by atoms with Crippen LogP contribution in [0.3, 0.4) is 0 Å². The number of hydrogen-bond acceptors (Lipinski definition) is 11. The first-order valence-electron chi connectivity index (χ1n) is 13.8. The molecule has 0 aromatic heterocycles. The van der Waals surface area contributed by atoms with Crippen LogP contribution in [0.15, 0.2) is 30.5 Å². The first-order chi connectivity index (χ1) is 19.1. The van der Waals surface area contributed by atoms with Gasteiger partial charge in [-0.1, -0.05) is 12.1 Å². The third kappa shape index (κ3) is 8.57. The summed E-state index contributed by atoms with van der Waals surface area (Å²) in [7, 11) is 3.56. The predicted molar refractivity (Wildman–Crippen MR) is 151 cm³/mol. The van der Waals surface area contributed by atoms with E-state index in [1.54, 1.807) is 37.3 Å². The number of anilines is 1. The first-order valence-corrected chi connectivity index (χ1v) is 13.8. The number of Topliss-reactive ketones (excluding diaryl/α,β-unsaturated/α-hetero) is 1. The van der Waals surface area contributed by atoms with E-state index in [9.17, 15) is 14.4 Å². The van der Waals surface area contributed by atoms with Crippen LogP contribution in [0, 0.1) is 5.92 Å². The monoisotopic (exact) mass is 560 g/mol. The molecule has 40 heavy (non-hydrogen) atoms. The largest absolute Gasteiger partial charge is 0.461 e. The molecule has 3 unspecified atom stereocenters. The Labute approximate surface area is 236 Å². The fourth-order valence-electron chi connectivity index (χ4n) is 5.07. The molecule has 2 fully saturated rings. The lowest BCUT2D eigenvalue weighted by Crippen LogP contribution is -2.50. The van der Waals surface area contributed by atoms with Gasteiger partial charge in [-0.15, -0.1) is 0 Å². The zero-order valence-electron chi connectivity index (χ0n) is 23.8. The molecule has 0 radical (unpaired) electrons. The SMILES string of the molecule is COC1CCCN(C)[C@@H]2C(COC(=O)C(C)C(=O)CC1)OC(=O)N2CCCCN(N)/C=C(\N)c1cccc(N)c1. The minimum absolute atomic E-state index is 0.0848. The molecule has 4 atom stereocenters. The highest BCUT2D eigenvalue weighted by Gasteiger charge is 2.44. The number of ketones is 1. The fourth-order valence-corrected chi connectivity index (χ4v) is 5.07. The Kier molecular flexibility index (Phi) is 11.6.